The maximum absolute atomic E-state index is 6.41. The minimum Gasteiger partial charge on any atom is -0.377 e. The van der Waals surface area contributed by atoms with Gasteiger partial charge < -0.3 is 20.7 Å². The molecule has 1 atom stereocenters. The van der Waals surface area contributed by atoms with Gasteiger partial charge in [0.25, 0.3) is 0 Å². The molecular formula is C26H33N9O. The molecule has 3 aromatic heterocycles. The lowest BCUT2D eigenvalue weighted by Crippen LogP contribution is -2.44. The summed E-state index contributed by atoms with van der Waals surface area (Å²) in [5.74, 6) is 1.74. The Bertz CT molecular complexity index is 1400. The second-order valence-corrected chi connectivity index (χ2v) is 9.79. The third-order valence-corrected chi connectivity index (χ3v) is 7.39. The molecule has 10 nitrogen and oxygen atoms in total. The van der Waals surface area contributed by atoms with E-state index in [4.69, 9.17) is 25.5 Å². The van der Waals surface area contributed by atoms with E-state index in [1.54, 1.807) is 0 Å². The lowest BCUT2D eigenvalue weighted by Gasteiger charge is -2.34. The Hall–Kier alpha value is -3.50. The number of nitrogens with two attached hydrogens (primary N) is 1. The highest BCUT2D eigenvalue weighted by Gasteiger charge is 2.26. The molecule has 0 aliphatic carbocycles. The number of fused-ring (bicyclic) bond motifs is 1. The first-order valence-corrected chi connectivity index (χ1v) is 12.7. The van der Waals surface area contributed by atoms with Crippen LogP contribution in [0.25, 0.3) is 28.2 Å². The van der Waals surface area contributed by atoms with E-state index in [1.807, 2.05) is 28.8 Å². The Morgan fingerprint density at radius 3 is 2.69 bits per heavy atom. The summed E-state index contributed by atoms with van der Waals surface area (Å²) in [5, 5.41) is 8.43. The highest BCUT2D eigenvalue weighted by molar-refractivity contribution is 5.80. The van der Waals surface area contributed by atoms with Gasteiger partial charge in [0.15, 0.2) is 0 Å². The molecule has 0 radical (unpaired) electrons. The molecule has 0 amide bonds. The van der Waals surface area contributed by atoms with Crippen LogP contribution in [-0.4, -0.2) is 68.2 Å². The number of hydrogen-bond acceptors (Lipinski definition) is 8. The minimum absolute atomic E-state index is 0.200. The first-order valence-electron chi connectivity index (χ1n) is 12.7. The number of aromatic nitrogens is 6. The van der Waals surface area contributed by atoms with Crippen molar-refractivity contribution in [3.05, 3.63) is 41.7 Å². The van der Waals surface area contributed by atoms with Crippen molar-refractivity contribution in [3.8, 4) is 17.2 Å². The predicted molar refractivity (Wildman–Crippen MR) is 141 cm³/mol. The number of aryl methyl sites for hydroxylation is 1. The van der Waals surface area contributed by atoms with E-state index >= 15 is 0 Å². The molecular weight excluding hydrogens is 454 g/mol. The quantitative estimate of drug-likeness (QED) is 0.452. The number of ether oxygens (including phenoxy) is 1. The highest BCUT2D eigenvalue weighted by atomic mass is 16.5. The average molecular weight is 488 g/mol. The van der Waals surface area contributed by atoms with Gasteiger partial charge in [-0.15, -0.1) is 0 Å². The van der Waals surface area contributed by atoms with Crippen molar-refractivity contribution in [2.75, 3.05) is 43.5 Å². The van der Waals surface area contributed by atoms with Gasteiger partial charge in [0.1, 0.15) is 5.82 Å². The summed E-state index contributed by atoms with van der Waals surface area (Å²) in [6, 6.07) is 10.6. The molecule has 3 N–H and O–H groups in total. The number of para-hydroxylation sites is 2. The van der Waals surface area contributed by atoms with Gasteiger partial charge in [-0.05, 0) is 58.8 Å². The molecule has 1 aromatic carbocycles. The van der Waals surface area contributed by atoms with Crippen LogP contribution >= 0.6 is 0 Å². The van der Waals surface area contributed by atoms with E-state index in [0.29, 0.717) is 31.2 Å². The molecule has 0 spiro atoms. The number of nitrogens with zero attached hydrogens (tertiary/aromatic N) is 7. The Kier molecular flexibility index (Phi) is 5.85. The summed E-state index contributed by atoms with van der Waals surface area (Å²) >= 11 is 0. The summed E-state index contributed by atoms with van der Waals surface area (Å²) in [7, 11) is 0. The van der Waals surface area contributed by atoms with Gasteiger partial charge in [0.05, 0.1) is 47.7 Å². The fourth-order valence-corrected chi connectivity index (χ4v) is 5.56. The van der Waals surface area contributed by atoms with Crippen LogP contribution in [0, 0.1) is 13.8 Å². The summed E-state index contributed by atoms with van der Waals surface area (Å²) in [4.78, 5) is 16.9. The number of nitrogen functional groups attached to an aromatic ring is 1. The van der Waals surface area contributed by atoms with Gasteiger partial charge in [-0.2, -0.15) is 10.1 Å². The largest absolute Gasteiger partial charge is 0.377 e. The monoisotopic (exact) mass is 487 g/mol. The zero-order valence-electron chi connectivity index (χ0n) is 21.1. The molecule has 2 aliphatic heterocycles. The maximum Gasteiger partial charge on any atom is 0.239 e. The Morgan fingerprint density at radius 1 is 1.08 bits per heavy atom. The fraction of sp³-hybridized carbons (Fsp3) is 0.462. The van der Waals surface area contributed by atoms with Crippen molar-refractivity contribution >= 4 is 22.8 Å². The molecule has 2 aliphatic rings. The van der Waals surface area contributed by atoms with Crippen LogP contribution in [-0.2, 0) is 4.74 Å². The lowest BCUT2D eigenvalue weighted by atomic mass is 10.1. The van der Waals surface area contributed by atoms with Crippen LogP contribution < -0.4 is 16.0 Å². The molecule has 36 heavy (non-hydrogen) atoms. The smallest absolute Gasteiger partial charge is 0.239 e. The van der Waals surface area contributed by atoms with E-state index in [9.17, 15) is 0 Å². The van der Waals surface area contributed by atoms with E-state index in [2.05, 4.69) is 46.7 Å². The maximum atomic E-state index is 6.41. The van der Waals surface area contributed by atoms with Crippen LogP contribution in [0.5, 0.6) is 0 Å². The van der Waals surface area contributed by atoms with Crippen LogP contribution in [0.1, 0.15) is 37.2 Å². The van der Waals surface area contributed by atoms with E-state index in [-0.39, 0.29) is 6.04 Å². The van der Waals surface area contributed by atoms with Crippen molar-refractivity contribution < 1.29 is 4.74 Å². The molecule has 0 saturated carbocycles. The van der Waals surface area contributed by atoms with Gasteiger partial charge in [-0.1, -0.05) is 12.1 Å². The second-order valence-electron chi connectivity index (χ2n) is 9.79. The third kappa shape index (κ3) is 3.90. The lowest BCUT2D eigenvalue weighted by molar-refractivity contribution is 0.0985. The van der Waals surface area contributed by atoms with E-state index < -0.39 is 0 Å². The van der Waals surface area contributed by atoms with Gasteiger partial charge in [0.2, 0.25) is 11.9 Å². The Morgan fingerprint density at radius 2 is 1.89 bits per heavy atom. The molecule has 10 heteroatoms. The predicted octanol–water partition coefficient (Wildman–Crippen LogP) is 3.03. The first-order chi connectivity index (χ1) is 17.5. The van der Waals surface area contributed by atoms with Crippen molar-refractivity contribution in [3.63, 3.8) is 0 Å². The number of nitrogens with one attached hydrogen (secondary N) is 1. The number of morpholine rings is 1. The molecule has 0 bridgehead atoms. The number of rotatable bonds is 4. The SMILES string of the molecule is Cc1nn(C2CCNCC2)c(C)c1-c1cc(N2CCOC[C@H]2C)nc(-n2c(N)nc3ccccc32)n1. The topological polar surface area (TPSA) is 112 Å². The fourth-order valence-electron chi connectivity index (χ4n) is 5.56. The van der Waals surface area contributed by atoms with Crippen LogP contribution in [0.4, 0.5) is 11.8 Å². The number of anilines is 2. The highest BCUT2D eigenvalue weighted by Crippen LogP contribution is 2.33. The minimum atomic E-state index is 0.200. The number of benzene rings is 1. The molecule has 2 saturated heterocycles. The Labute approximate surface area is 210 Å². The zero-order valence-corrected chi connectivity index (χ0v) is 21.1. The zero-order chi connectivity index (χ0) is 24.8. The molecule has 6 rings (SSSR count). The van der Waals surface area contributed by atoms with E-state index in [0.717, 1.165) is 72.0 Å². The average Bonchev–Trinajstić information content (AvgIpc) is 3.39. The summed E-state index contributed by atoms with van der Waals surface area (Å²) in [6.45, 7) is 10.5. The van der Waals surface area contributed by atoms with Crippen molar-refractivity contribution in [2.24, 2.45) is 0 Å². The van der Waals surface area contributed by atoms with Crippen LogP contribution in [0.15, 0.2) is 30.3 Å². The Balaban J connectivity index is 1.53. The van der Waals surface area contributed by atoms with Crippen molar-refractivity contribution in [2.45, 2.75) is 45.7 Å². The standard InChI is InChI=1S/C26H33N9O/c1-16-15-36-13-12-33(16)23-14-21(24-17(2)32-35(18(24)3)19-8-10-28-11-9-19)30-26(31-23)34-22-7-5-4-6-20(22)29-25(34)27/h4-7,14,16,19,28H,8-13,15H2,1-3H3,(H2,27,29)/t16-/m1/s1. The number of hydrogen-bond donors (Lipinski definition) is 2. The van der Waals surface area contributed by atoms with Crippen molar-refractivity contribution in [1.82, 2.24) is 34.6 Å². The van der Waals surface area contributed by atoms with Crippen LogP contribution in [0.3, 0.4) is 0 Å². The van der Waals surface area contributed by atoms with E-state index in [1.165, 1.54) is 0 Å². The van der Waals surface area contributed by atoms with Gasteiger partial charge >= 0.3 is 0 Å². The third-order valence-electron chi connectivity index (χ3n) is 7.39. The molecule has 0 unspecified atom stereocenters. The summed E-state index contributed by atoms with van der Waals surface area (Å²) < 4.78 is 9.74. The molecule has 2 fully saturated rings. The molecule has 5 heterocycles. The first kappa shape index (κ1) is 22.9. The van der Waals surface area contributed by atoms with Crippen molar-refractivity contribution in [1.29, 1.82) is 0 Å². The summed E-state index contributed by atoms with van der Waals surface area (Å²) in [6.07, 6.45) is 2.15. The van der Waals surface area contributed by atoms with Gasteiger partial charge in [0, 0.05) is 23.9 Å². The number of imidazole rings is 1. The molecule has 4 aromatic rings. The second kappa shape index (κ2) is 9.18. The normalized spacial score (nSPS) is 19.3. The summed E-state index contributed by atoms with van der Waals surface area (Å²) in [5.41, 5.74) is 12.1. The molecule has 188 valence electrons. The van der Waals surface area contributed by atoms with Gasteiger partial charge in [-0.3, -0.25) is 4.68 Å². The van der Waals surface area contributed by atoms with Crippen LogP contribution in [0.2, 0.25) is 0 Å². The number of piperidine rings is 1. The van der Waals surface area contributed by atoms with Gasteiger partial charge in [-0.25, -0.2) is 14.5 Å².